The van der Waals surface area contributed by atoms with Crippen LogP contribution in [-0.2, 0) is 4.79 Å². The first kappa shape index (κ1) is 17.7. The summed E-state index contributed by atoms with van der Waals surface area (Å²) in [5.41, 5.74) is 1.30. The lowest BCUT2D eigenvalue weighted by molar-refractivity contribution is -0.138. The SMILES string of the molecule is Cc1cc([C@H]2CCCN2C(=O)C2CCN(C(=O)c3ccccn3)CC2)on1. The van der Waals surface area contributed by atoms with E-state index in [1.807, 2.05) is 24.0 Å². The third kappa shape index (κ3) is 3.59. The molecular weight excluding hydrogens is 344 g/mol. The van der Waals surface area contributed by atoms with E-state index in [0.717, 1.165) is 30.8 Å². The van der Waals surface area contributed by atoms with Crippen molar-refractivity contribution < 1.29 is 14.1 Å². The number of carbonyl (C=O) groups is 2. The van der Waals surface area contributed by atoms with Gasteiger partial charge < -0.3 is 14.3 Å². The van der Waals surface area contributed by atoms with Gasteiger partial charge in [0, 0.05) is 37.8 Å². The van der Waals surface area contributed by atoms with Crippen LogP contribution in [0, 0.1) is 12.8 Å². The summed E-state index contributed by atoms with van der Waals surface area (Å²) in [5.74, 6) is 0.859. The molecule has 0 spiro atoms. The largest absolute Gasteiger partial charge is 0.359 e. The van der Waals surface area contributed by atoms with Crippen LogP contribution in [0.25, 0.3) is 0 Å². The van der Waals surface area contributed by atoms with E-state index in [1.165, 1.54) is 0 Å². The normalized spacial score (nSPS) is 20.9. The Morgan fingerprint density at radius 3 is 2.63 bits per heavy atom. The summed E-state index contributed by atoms with van der Waals surface area (Å²) < 4.78 is 5.41. The fraction of sp³-hybridized carbons (Fsp3) is 0.500. The van der Waals surface area contributed by atoms with Crippen molar-refractivity contribution in [2.24, 2.45) is 5.92 Å². The highest BCUT2D eigenvalue weighted by Gasteiger charge is 2.37. The molecule has 0 saturated carbocycles. The second-order valence-electron chi connectivity index (χ2n) is 7.34. The first-order valence-corrected chi connectivity index (χ1v) is 9.57. The average molecular weight is 368 g/mol. The Labute approximate surface area is 158 Å². The predicted octanol–water partition coefficient (Wildman–Crippen LogP) is 2.59. The van der Waals surface area contributed by atoms with E-state index in [2.05, 4.69) is 10.1 Å². The van der Waals surface area contributed by atoms with Crippen LogP contribution in [-0.4, -0.2) is 51.4 Å². The molecule has 1 atom stereocenters. The zero-order valence-electron chi connectivity index (χ0n) is 15.5. The maximum atomic E-state index is 13.1. The van der Waals surface area contributed by atoms with Gasteiger partial charge in [0.25, 0.3) is 5.91 Å². The summed E-state index contributed by atoms with van der Waals surface area (Å²) in [4.78, 5) is 33.5. The van der Waals surface area contributed by atoms with Crippen LogP contribution >= 0.6 is 0 Å². The molecule has 0 radical (unpaired) electrons. The number of hydrogen-bond donors (Lipinski definition) is 0. The number of nitrogens with zero attached hydrogens (tertiary/aromatic N) is 4. The number of aromatic nitrogens is 2. The molecule has 4 rings (SSSR count). The van der Waals surface area contributed by atoms with Crippen molar-refractivity contribution in [1.29, 1.82) is 0 Å². The number of rotatable bonds is 3. The Morgan fingerprint density at radius 1 is 1.15 bits per heavy atom. The maximum absolute atomic E-state index is 13.1. The van der Waals surface area contributed by atoms with Gasteiger partial charge in [-0.3, -0.25) is 14.6 Å². The van der Waals surface area contributed by atoms with Crippen LogP contribution < -0.4 is 0 Å². The number of piperidine rings is 1. The third-order valence-electron chi connectivity index (χ3n) is 5.53. The van der Waals surface area contributed by atoms with Gasteiger partial charge in [-0.15, -0.1) is 0 Å². The molecule has 142 valence electrons. The minimum absolute atomic E-state index is 0.00752. The first-order chi connectivity index (χ1) is 13.1. The maximum Gasteiger partial charge on any atom is 0.272 e. The minimum Gasteiger partial charge on any atom is -0.359 e. The van der Waals surface area contributed by atoms with Gasteiger partial charge in [-0.1, -0.05) is 11.2 Å². The van der Waals surface area contributed by atoms with E-state index >= 15 is 0 Å². The van der Waals surface area contributed by atoms with Crippen molar-refractivity contribution >= 4 is 11.8 Å². The number of amides is 2. The minimum atomic E-state index is -0.0577. The van der Waals surface area contributed by atoms with Crippen molar-refractivity contribution in [1.82, 2.24) is 19.9 Å². The van der Waals surface area contributed by atoms with Crippen molar-refractivity contribution in [2.75, 3.05) is 19.6 Å². The number of hydrogen-bond acceptors (Lipinski definition) is 5. The van der Waals surface area contributed by atoms with E-state index in [-0.39, 0.29) is 23.8 Å². The second kappa shape index (κ2) is 7.50. The molecule has 0 aliphatic carbocycles. The van der Waals surface area contributed by atoms with E-state index in [1.54, 1.807) is 23.2 Å². The second-order valence-corrected chi connectivity index (χ2v) is 7.34. The molecule has 7 heteroatoms. The molecule has 0 bridgehead atoms. The van der Waals surface area contributed by atoms with Gasteiger partial charge in [0.1, 0.15) is 5.69 Å². The third-order valence-corrected chi connectivity index (χ3v) is 5.53. The van der Waals surface area contributed by atoms with Crippen LogP contribution in [0.1, 0.15) is 53.7 Å². The van der Waals surface area contributed by atoms with Gasteiger partial charge >= 0.3 is 0 Å². The van der Waals surface area contributed by atoms with Gasteiger partial charge in [-0.05, 0) is 44.7 Å². The zero-order valence-corrected chi connectivity index (χ0v) is 15.5. The lowest BCUT2D eigenvalue weighted by atomic mass is 9.94. The molecule has 0 unspecified atom stereocenters. The van der Waals surface area contributed by atoms with Crippen molar-refractivity contribution in [3.8, 4) is 0 Å². The lowest BCUT2D eigenvalue weighted by Crippen LogP contribution is -2.44. The van der Waals surface area contributed by atoms with Gasteiger partial charge in [-0.2, -0.15) is 0 Å². The Morgan fingerprint density at radius 2 is 1.96 bits per heavy atom. The fourth-order valence-electron chi connectivity index (χ4n) is 4.08. The monoisotopic (exact) mass is 368 g/mol. The predicted molar refractivity (Wildman–Crippen MR) is 97.8 cm³/mol. The summed E-state index contributed by atoms with van der Waals surface area (Å²) in [6.07, 6.45) is 4.90. The fourth-order valence-corrected chi connectivity index (χ4v) is 4.08. The summed E-state index contributed by atoms with van der Waals surface area (Å²) in [6.45, 7) is 3.83. The van der Waals surface area contributed by atoms with Crippen LogP contribution in [0.3, 0.4) is 0 Å². The van der Waals surface area contributed by atoms with Crippen LogP contribution in [0.2, 0.25) is 0 Å². The standard InChI is InChI=1S/C20H24N4O3/c1-14-13-18(27-22-14)17-6-4-10-24(17)19(25)15-7-11-23(12-8-15)20(26)16-5-2-3-9-21-16/h2-3,5,9,13,15,17H,4,6-8,10-12H2,1H3/t17-/m1/s1. The van der Waals surface area contributed by atoms with E-state index in [0.29, 0.717) is 31.6 Å². The highest BCUT2D eigenvalue weighted by Crippen LogP contribution is 2.35. The Bertz CT molecular complexity index is 812. The quantitative estimate of drug-likeness (QED) is 0.832. The molecule has 0 N–H and O–H groups in total. The molecule has 2 amide bonds. The lowest BCUT2D eigenvalue weighted by Gasteiger charge is -2.34. The van der Waals surface area contributed by atoms with Crippen LogP contribution in [0.15, 0.2) is 35.0 Å². The Hall–Kier alpha value is -2.70. The molecule has 2 aliphatic rings. The Kier molecular flexibility index (Phi) is 4.92. The van der Waals surface area contributed by atoms with Gasteiger partial charge in [0.2, 0.25) is 5.91 Å². The van der Waals surface area contributed by atoms with Crippen molar-refractivity contribution in [3.05, 3.63) is 47.6 Å². The number of carbonyl (C=O) groups excluding carboxylic acids is 2. The number of aryl methyl sites for hydroxylation is 1. The smallest absolute Gasteiger partial charge is 0.272 e. The molecule has 2 aliphatic heterocycles. The van der Waals surface area contributed by atoms with E-state index < -0.39 is 0 Å². The van der Waals surface area contributed by atoms with Crippen LogP contribution in [0.5, 0.6) is 0 Å². The molecule has 0 aromatic carbocycles. The highest BCUT2D eigenvalue weighted by atomic mass is 16.5. The van der Waals surface area contributed by atoms with Gasteiger partial charge in [0.15, 0.2) is 5.76 Å². The molecule has 4 heterocycles. The molecule has 2 saturated heterocycles. The summed E-state index contributed by atoms with van der Waals surface area (Å²) in [6, 6.07) is 7.25. The number of pyridine rings is 1. The van der Waals surface area contributed by atoms with E-state index in [9.17, 15) is 9.59 Å². The van der Waals surface area contributed by atoms with E-state index in [4.69, 9.17) is 4.52 Å². The molecular formula is C20H24N4O3. The van der Waals surface area contributed by atoms with Gasteiger partial charge in [-0.25, -0.2) is 0 Å². The summed E-state index contributed by atoms with van der Waals surface area (Å²) in [7, 11) is 0. The number of likely N-dealkylation sites (tertiary alicyclic amines) is 2. The Balaban J connectivity index is 1.38. The highest BCUT2D eigenvalue weighted by molar-refractivity contribution is 5.92. The zero-order chi connectivity index (χ0) is 18.8. The van der Waals surface area contributed by atoms with Crippen molar-refractivity contribution in [3.63, 3.8) is 0 Å². The molecule has 2 aromatic rings. The summed E-state index contributed by atoms with van der Waals surface area (Å²) in [5, 5.41) is 3.96. The topological polar surface area (TPSA) is 79.5 Å². The molecule has 7 nitrogen and oxygen atoms in total. The van der Waals surface area contributed by atoms with Gasteiger partial charge in [0.05, 0.1) is 11.7 Å². The first-order valence-electron chi connectivity index (χ1n) is 9.57. The average Bonchev–Trinajstić information content (AvgIpc) is 3.36. The molecule has 2 fully saturated rings. The molecule has 27 heavy (non-hydrogen) atoms. The molecule has 2 aromatic heterocycles. The van der Waals surface area contributed by atoms with Crippen LogP contribution in [0.4, 0.5) is 0 Å². The summed E-state index contributed by atoms with van der Waals surface area (Å²) >= 11 is 0. The van der Waals surface area contributed by atoms with Crippen molar-refractivity contribution in [2.45, 2.75) is 38.6 Å².